The molecule has 33 heavy (non-hydrogen) atoms. The van der Waals surface area contributed by atoms with Gasteiger partial charge in [0.25, 0.3) is 0 Å². The van der Waals surface area contributed by atoms with Gasteiger partial charge in [-0.15, -0.1) is 0 Å². The number of furan rings is 1. The van der Waals surface area contributed by atoms with Crippen LogP contribution in [0.25, 0.3) is 0 Å². The van der Waals surface area contributed by atoms with Crippen LogP contribution < -0.4 is 0 Å². The largest absolute Gasteiger partial charge is 0.468 e. The van der Waals surface area contributed by atoms with E-state index in [-0.39, 0.29) is 22.7 Å². The summed E-state index contributed by atoms with van der Waals surface area (Å²) in [5.41, 5.74) is 1.48. The number of sulfonamides is 1. The number of rotatable bonds is 8. The van der Waals surface area contributed by atoms with E-state index >= 15 is 0 Å². The zero-order valence-corrected chi connectivity index (χ0v) is 20.5. The van der Waals surface area contributed by atoms with Gasteiger partial charge >= 0.3 is 5.97 Å². The van der Waals surface area contributed by atoms with Crippen LogP contribution in [0.2, 0.25) is 5.02 Å². The molecule has 0 saturated carbocycles. The molecule has 0 aliphatic rings. The van der Waals surface area contributed by atoms with Crippen molar-refractivity contribution in [3.05, 3.63) is 76.0 Å². The third-order valence-corrected chi connectivity index (χ3v) is 7.86. The van der Waals surface area contributed by atoms with E-state index in [9.17, 15) is 18.0 Å². The molecule has 0 bridgehead atoms. The summed E-state index contributed by atoms with van der Waals surface area (Å²) in [6, 6.07) is 7.90. The number of ether oxygens (including phenoxy) is 1. The van der Waals surface area contributed by atoms with Crippen LogP contribution in [0.1, 0.15) is 44.8 Å². The second-order valence-electron chi connectivity index (χ2n) is 7.61. The highest BCUT2D eigenvalue weighted by atomic mass is 35.5. The van der Waals surface area contributed by atoms with Crippen LogP contribution >= 0.6 is 11.6 Å². The maximum Gasteiger partial charge on any atom is 0.354 e. The third-order valence-electron chi connectivity index (χ3n) is 5.68. The first kappa shape index (κ1) is 24.8. The second-order valence-corrected chi connectivity index (χ2v) is 9.94. The summed E-state index contributed by atoms with van der Waals surface area (Å²) >= 11 is 5.92. The van der Waals surface area contributed by atoms with E-state index in [0.29, 0.717) is 22.0 Å². The zero-order valence-electron chi connectivity index (χ0n) is 19.0. The molecule has 10 heteroatoms. The van der Waals surface area contributed by atoms with Crippen molar-refractivity contribution in [3.8, 4) is 0 Å². The number of nitrogens with zero attached hydrogens (tertiary/aromatic N) is 2. The van der Waals surface area contributed by atoms with E-state index < -0.39 is 27.8 Å². The number of ketones is 1. The van der Waals surface area contributed by atoms with Gasteiger partial charge in [0.15, 0.2) is 5.78 Å². The van der Waals surface area contributed by atoms with Crippen LogP contribution in [0, 0.1) is 13.8 Å². The van der Waals surface area contributed by atoms with Crippen molar-refractivity contribution in [3.63, 3.8) is 0 Å². The Morgan fingerprint density at radius 3 is 2.36 bits per heavy atom. The number of methoxy groups -OCH3 is 1. The highest BCUT2D eigenvalue weighted by molar-refractivity contribution is 7.89. The van der Waals surface area contributed by atoms with Gasteiger partial charge in [-0.2, -0.15) is 4.31 Å². The van der Waals surface area contributed by atoms with Gasteiger partial charge in [0.2, 0.25) is 10.0 Å². The Labute approximate surface area is 197 Å². The fourth-order valence-corrected chi connectivity index (χ4v) is 5.48. The molecule has 3 rings (SSSR count). The quantitative estimate of drug-likeness (QED) is 0.346. The molecule has 1 aromatic carbocycles. The Bertz CT molecular complexity index is 1280. The predicted octanol–water partition coefficient (Wildman–Crippen LogP) is 4.14. The Kier molecular flexibility index (Phi) is 7.16. The molecule has 0 aliphatic carbocycles. The van der Waals surface area contributed by atoms with Crippen molar-refractivity contribution >= 4 is 33.4 Å². The Morgan fingerprint density at radius 2 is 1.82 bits per heavy atom. The van der Waals surface area contributed by atoms with Gasteiger partial charge in [0.1, 0.15) is 11.5 Å². The molecule has 0 N–H and O–H groups in total. The predicted molar refractivity (Wildman–Crippen MR) is 123 cm³/mol. The lowest BCUT2D eigenvalue weighted by atomic mass is 10.0. The first-order valence-electron chi connectivity index (χ1n) is 10.1. The van der Waals surface area contributed by atoms with Gasteiger partial charge in [-0.1, -0.05) is 11.6 Å². The maximum absolute atomic E-state index is 13.6. The van der Waals surface area contributed by atoms with Crippen LogP contribution in [-0.4, -0.2) is 42.2 Å². The minimum atomic E-state index is -4.10. The van der Waals surface area contributed by atoms with Crippen molar-refractivity contribution in [1.29, 1.82) is 0 Å². The number of Topliss-reactive ketones (excluding diaryl/α,β-unsaturated/α-hetero) is 1. The van der Waals surface area contributed by atoms with Crippen molar-refractivity contribution in [2.45, 2.75) is 38.3 Å². The van der Waals surface area contributed by atoms with E-state index in [2.05, 4.69) is 0 Å². The highest BCUT2D eigenvalue weighted by Gasteiger charge is 2.37. The molecule has 176 valence electrons. The third kappa shape index (κ3) is 4.62. The first-order chi connectivity index (χ1) is 15.5. The Balaban J connectivity index is 2.09. The molecule has 3 aromatic rings. The van der Waals surface area contributed by atoms with Crippen LogP contribution in [0.5, 0.6) is 0 Å². The second kappa shape index (κ2) is 9.54. The van der Waals surface area contributed by atoms with Crippen molar-refractivity contribution < 1.29 is 27.2 Å². The first-order valence-corrected chi connectivity index (χ1v) is 11.9. The van der Waals surface area contributed by atoms with E-state index in [1.807, 2.05) is 0 Å². The van der Waals surface area contributed by atoms with Gasteiger partial charge < -0.3 is 13.7 Å². The van der Waals surface area contributed by atoms with Gasteiger partial charge in [-0.25, -0.2) is 13.2 Å². The lowest BCUT2D eigenvalue weighted by Crippen LogP contribution is -2.43. The topological polar surface area (TPSA) is 98.8 Å². The normalized spacial score (nSPS) is 12.7. The van der Waals surface area contributed by atoms with Crippen LogP contribution in [0.15, 0.2) is 52.0 Å². The molecule has 0 saturated heterocycles. The summed E-state index contributed by atoms with van der Waals surface area (Å²) in [7, 11) is -1.18. The molecular formula is C23H25ClN2O6S. The van der Waals surface area contributed by atoms with Gasteiger partial charge in [-0.3, -0.25) is 4.79 Å². The van der Waals surface area contributed by atoms with Crippen LogP contribution in [0.3, 0.4) is 0 Å². The molecule has 0 aliphatic heterocycles. The SMILES string of the molecule is COC(=O)c1c(C)c(C(=O)C(C)N(Cc2ccco2)S(=O)(=O)c2ccc(Cl)cc2)c(C)n1C. The Hall–Kier alpha value is -2.88. The van der Waals surface area contributed by atoms with Crippen molar-refractivity contribution in [2.75, 3.05) is 7.11 Å². The number of esters is 1. The fourth-order valence-electron chi connectivity index (χ4n) is 3.79. The summed E-state index contributed by atoms with van der Waals surface area (Å²) in [6.07, 6.45) is 1.43. The molecule has 0 radical (unpaired) electrons. The van der Waals surface area contributed by atoms with E-state index in [4.69, 9.17) is 20.8 Å². The molecule has 0 fully saturated rings. The number of aromatic nitrogens is 1. The standard InChI is InChI=1S/C23H25ClN2O6S/c1-14-20(15(2)25(4)21(14)23(28)31-5)22(27)16(3)26(13-18-7-6-12-32-18)33(29,30)19-10-8-17(24)9-11-19/h6-12,16H,13H2,1-5H3. The highest BCUT2D eigenvalue weighted by Crippen LogP contribution is 2.28. The zero-order chi connectivity index (χ0) is 24.5. The van der Waals surface area contributed by atoms with Gasteiger partial charge in [0.05, 0.1) is 30.9 Å². The molecule has 2 heterocycles. The van der Waals surface area contributed by atoms with Crippen molar-refractivity contribution in [1.82, 2.24) is 8.87 Å². The lowest BCUT2D eigenvalue weighted by molar-refractivity contribution is 0.0588. The minimum absolute atomic E-state index is 0.00476. The molecule has 0 amide bonds. The average Bonchev–Trinajstić information content (AvgIpc) is 3.37. The molecule has 2 aromatic heterocycles. The van der Waals surface area contributed by atoms with Gasteiger partial charge in [0, 0.05) is 23.3 Å². The molecule has 1 atom stereocenters. The summed E-state index contributed by atoms with van der Waals surface area (Å²) in [6.45, 7) is 4.70. The van der Waals surface area contributed by atoms with E-state index in [1.54, 1.807) is 37.6 Å². The number of carbonyl (C=O) groups excluding carboxylic acids is 2. The maximum atomic E-state index is 13.6. The van der Waals surface area contributed by atoms with Crippen LogP contribution in [0.4, 0.5) is 0 Å². The lowest BCUT2D eigenvalue weighted by Gasteiger charge is -2.27. The smallest absolute Gasteiger partial charge is 0.354 e. The van der Waals surface area contributed by atoms with Gasteiger partial charge in [-0.05, 0) is 62.7 Å². The molecule has 0 spiro atoms. The number of hydrogen-bond acceptors (Lipinski definition) is 6. The number of hydrogen-bond donors (Lipinski definition) is 0. The summed E-state index contributed by atoms with van der Waals surface area (Å²) in [5.74, 6) is -0.644. The minimum Gasteiger partial charge on any atom is -0.468 e. The number of carbonyl (C=O) groups is 2. The van der Waals surface area contributed by atoms with Crippen LogP contribution in [-0.2, 0) is 28.4 Å². The monoisotopic (exact) mass is 492 g/mol. The summed E-state index contributed by atoms with van der Waals surface area (Å²) in [4.78, 5) is 25.9. The summed E-state index contributed by atoms with van der Waals surface area (Å²) in [5, 5.41) is 0.390. The number of benzene rings is 1. The fraction of sp³-hybridized carbons (Fsp3) is 0.304. The molecule has 8 nitrogen and oxygen atoms in total. The van der Waals surface area contributed by atoms with E-state index in [1.165, 1.54) is 44.6 Å². The van der Waals surface area contributed by atoms with E-state index in [0.717, 1.165) is 4.31 Å². The van der Waals surface area contributed by atoms with Crippen molar-refractivity contribution in [2.24, 2.45) is 7.05 Å². The molecular weight excluding hydrogens is 468 g/mol. The average molecular weight is 493 g/mol. The summed E-state index contributed by atoms with van der Waals surface area (Å²) < 4.78 is 40.0. The molecule has 1 unspecified atom stereocenters. The number of halogens is 1. The Morgan fingerprint density at radius 1 is 1.18 bits per heavy atom.